The van der Waals surface area contributed by atoms with Crippen LogP contribution >= 0.6 is 0 Å². The van der Waals surface area contributed by atoms with Crippen molar-refractivity contribution in [3.05, 3.63) is 28.2 Å². The van der Waals surface area contributed by atoms with Crippen molar-refractivity contribution in [2.45, 2.75) is 33.9 Å². The van der Waals surface area contributed by atoms with Gasteiger partial charge < -0.3 is 5.32 Å². The molecule has 0 fully saturated rings. The fourth-order valence-corrected chi connectivity index (χ4v) is 2.44. The molecule has 3 rings (SSSR count). The predicted octanol–water partition coefficient (Wildman–Crippen LogP) is 1.26. The third-order valence-electron chi connectivity index (χ3n) is 3.39. The Kier molecular flexibility index (Phi) is 1.65. The van der Waals surface area contributed by atoms with Crippen molar-refractivity contribution >= 4 is 5.65 Å². The van der Waals surface area contributed by atoms with Crippen LogP contribution in [0.4, 0.5) is 0 Å². The second-order valence-corrected chi connectivity index (χ2v) is 4.18. The third kappa shape index (κ3) is 0.997. The number of aryl methyl sites for hydroxylation is 2. The molecule has 3 heterocycles. The highest BCUT2D eigenvalue weighted by Crippen LogP contribution is 2.26. The summed E-state index contributed by atoms with van der Waals surface area (Å²) in [4.78, 5) is 0. The summed E-state index contributed by atoms with van der Waals surface area (Å²) >= 11 is 0. The molecule has 0 amide bonds. The molecule has 0 aliphatic carbocycles. The van der Waals surface area contributed by atoms with Crippen molar-refractivity contribution in [2.75, 3.05) is 0 Å². The molecular weight excluding hydrogens is 188 g/mol. The summed E-state index contributed by atoms with van der Waals surface area (Å²) in [5, 5.41) is 11.8. The van der Waals surface area contributed by atoms with Crippen molar-refractivity contribution in [3.63, 3.8) is 0 Å². The SMILES string of the molecule is Cc1c2c(c3nnc(C)n3c1C)CNC2. The Morgan fingerprint density at radius 3 is 2.60 bits per heavy atom. The molecule has 4 nitrogen and oxygen atoms in total. The second kappa shape index (κ2) is 2.79. The van der Waals surface area contributed by atoms with Crippen LogP contribution in [0.5, 0.6) is 0 Å². The van der Waals surface area contributed by atoms with Crippen molar-refractivity contribution in [1.29, 1.82) is 0 Å². The maximum atomic E-state index is 4.26. The maximum Gasteiger partial charge on any atom is 0.165 e. The van der Waals surface area contributed by atoms with E-state index < -0.39 is 0 Å². The number of hydrogen-bond donors (Lipinski definition) is 1. The average Bonchev–Trinajstić information content (AvgIpc) is 2.80. The monoisotopic (exact) mass is 202 g/mol. The molecule has 1 N–H and O–H groups in total. The van der Waals surface area contributed by atoms with E-state index in [1.54, 1.807) is 0 Å². The number of rotatable bonds is 0. The highest BCUT2D eigenvalue weighted by Gasteiger charge is 2.21. The first kappa shape index (κ1) is 8.85. The van der Waals surface area contributed by atoms with E-state index in [2.05, 4.69) is 33.8 Å². The number of nitrogens with zero attached hydrogens (tertiary/aromatic N) is 3. The van der Waals surface area contributed by atoms with Gasteiger partial charge in [-0.1, -0.05) is 0 Å². The van der Waals surface area contributed by atoms with Crippen molar-refractivity contribution in [3.8, 4) is 0 Å². The molecule has 0 bridgehead atoms. The van der Waals surface area contributed by atoms with Crippen LogP contribution in [0.3, 0.4) is 0 Å². The van der Waals surface area contributed by atoms with Crippen LogP contribution in [-0.2, 0) is 13.1 Å². The molecule has 78 valence electrons. The van der Waals surface area contributed by atoms with Gasteiger partial charge in [0.25, 0.3) is 0 Å². The van der Waals surface area contributed by atoms with Gasteiger partial charge in [-0.2, -0.15) is 0 Å². The lowest BCUT2D eigenvalue weighted by Gasteiger charge is -2.10. The number of hydrogen-bond acceptors (Lipinski definition) is 3. The minimum absolute atomic E-state index is 0.915. The van der Waals surface area contributed by atoms with Crippen LogP contribution in [0.25, 0.3) is 5.65 Å². The summed E-state index contributed by atoms with van der Waals surface area (Å²) in [6.45, 7) is 8.20. The van der Waals surface area contributed by atoms with Gasteiger partial charge in [0.2, 0.25) is 0 Å². The van der Waals surface area contributed by atoms with Gasteiger partial charge in [-0.05, 0) is 31.9 Å². The lowest BCUT2D eigenvalue weighted by atomic mass is 10.0. The first-order valence-electron chi connectivity index (χ1n) is 5.23. The predicted molar refractivity (Wildman–Crippen MR) is 57.7 cm³/mol. The number of nitrogens with one attached hydrogen (secondary N) is 1. The standard InChI is InChI=1S/C11H14N4/c1-6-7(2)15-8(3)13-14-11(15)10-5-12-4-9(6)10/h12H,4-5H2,1-3H3. The van der Waals surface area contributed by atoms with Gasteiger partial charge in [0.05, 0.1) is 0 Å². The lowest BCUT2D eigenvalue weighted by Crippen LogP contribution is -2.03. The summed E-state index contributed by atoms with van der Waals surface area (Å²) in [5.41, 5.74) is 6.38. The third-order valence-corrected chi connectivity index (χ3v) is 3.39. The minimum Gasteiger partial charge on any atom is -0.308 e. The van der Waals surface area contributed by atoms with Gasteiger partial charge in [0.15, 0.2) is 5.65 Å². The van der Waals surface area contributed by atoms with E-state index in [9.17, 15) is 0 Å². The van der Waals surface area contributed by atoms with Crippen LogP contribution in [0, 0.1) is 20.8 Å². The van der Waals surface area contributed by atoms with Crippen molar-refractivity contribution < 1.29 is 0 Å². The topological polar surface area (TPSA) is 42.2 Å². The van der Waals surface area contributed by atoms with E-state index in [4.69, 9.17) is 0 Å². The molecule has 4 heteroatoms. The molecular formula is C11H14N4. The molecule has 0 unspecified atom stereocenters. The van der Waals surface area contributed by atoms with Crippen LogP contribution in [-0.4, -0.2) is 14.6 Å². The molecule has 0 aromatic carbocycles. The first-order chi connectivity index (χ1) is 7.20. The van der Waals surface area contributed by atoms with E-state index in [1.807, 2.05) is 6.92 Å². The fraction of sp³-hybridized carbons (Fsp3) is 0.455. The van der Waals surface area contributed by atoms with Gasteiger partial charge in [0.1, 0.15) is 5.82 Å². The Morgan fingerprint density at radius 2 is 1.80 bits per heavy atom. The molecule has 0 atom stereocenters. The Hall–Kier alpha value is -1.42. The summed E-state index contributed by atoms with van der Waals surface area (Å²) in [6.07, 6.45) is 0. The molecule has 15 heavy (non-hydrogen) atoms. The lowest BCUT2D eigenvalue weighted by molar-refractivity contribution is 0.763. The molecule has 1 aliphatic rings. The highest BCUT2D eigenvalue weighted by atomic mass is 15.3. The van der Waals surface area contributed by atoms with Gasteiger partial charge >= 0.3 is 0 Å². The van der Waals surface area contributed by atoms with Crippen LogP contribution < -0.4 is 5.32 Å². The van der Waals surface area contributed by atoms with Gasteiger partial charge in [-0.3, -0.25) is 4.40 Å². The second-order valence-electron chi connectivity index (χ2n) is 4.18. The summed E-state index contributed by atoms with van der Waals surface area (Å²) in [5.74, 6) is 0.973. The first-order valence-corrected chi connectivity index (χ1v) is 5.23. The Labute approximate surface area is 88.3 Å². The number of fused-ring (bicyclic) bond motifs is 3. The molecule has 0 radical (unpaired) electrons. The zero-order valence-electron chi connectivity index (χ0n) is 9.26. The Bertz CT molecular complexity index is 553. The average molecular weight is 202 g/mol. The Balaban J connectivity index is 2.53. The summed E-state index contributed by atoms with van der Waals surface area (Å²) < 4.78 is 2.15. The maximum absolute atomic E-state index is 4.26. The minimum atomic E-state index is 0.915. The molecule has 0 saturated heterocycles. The van der Waals surface area contributed by atoms with E-state index in [-0.39, 0.29) is 0 Å². The van der Waals surface area contributed by atoms with Gasteiger partial charge in [0, 0.05) is 24.3 Å². The highest BCUT2D eigenvalue weighted by molar-refractivity contribution is 5.57. The largest absolute Gasteiger partial charge is 0.308 e. The van der Waals surface area contributed by atoms with Crippen molar-refractivity contribution in [1.82, 2.24) is 19.9 Å². The number of pyridine rings is 1. The zero-order valence-corrected chi connectivity index (χ0v) is 9.26. The van der Waals surface area contributed by atoms with E-state index >= 15 is 0 Å². The normalized spacial score (nSPS) is 14.9. The molecule has 2 aromatic heterocycles. The quantitative estimate of drug-likeness (QED) is 0.699. The Morgan fingerprint density at radius 1 is 1.07 bits per heavy atom. The summed E-state index contributed by atoms with van der Waals surface area (Å²) in [6, 6.07) is 0. The molecule has 1 aliphatic heterocycles. The van der Waals surface area contributed by atoms with E-state index in [0.29, 0.717) is 0 Å². The smallest absolute Gasteiger partial charge is 0.165 e. The van der Waals surface area contributed by atoms with Gasteiger partial charge in [-0.15, -0.1) is 10.2 Å². The van der Waals surface area contributed by atoms with Crippen LogP contribution in [0.15, 0.2) is 0 Å². The van der Waals surface area contributed by atoms with Crippen molar-refractivity contribution in [2.24, 2.45) is 0 Å². The van der Waals surface area contributed by atoms with Gasteiger partial charge in [-0.25, -0.2) is 0 Å². The van der Waals surface area contributed by atoms with Crippen LogP contribution in [0.1, 0.15) is 28.2 Å². The van der Waals surface area contributed by atoms with E-state index in [0.717, 1.165) is 24.6 Å². The fourth-order valence-electron chi connectivity index (χ4n) is 2.44. The summed E-state index contributed by atoms with van der Waals surface area (Å²) in [7, 11) is 0. The number of aromatic nitrogens is 3. The van der Waals surface area contributed by atoms with Crippen LogP contribution in [0.2, 0.25) is 0 Å². The molecule has 0 saturated carbocycles. The molecule has 2 aromatic rings. The van der Waals surface area contributed by atoms with E-state index in [1.165, 1.54) is 22.4 Å². The zero-order chi connectivity index (χ0) is 10.6. The molecule has 0 spiro atoms.